The van der Waals surface area contributed by atoms with Crippen molar-refractivity contribution in [1.82, 2.24) is 15.2 Å². The van der Waals surface area contributed by atoms with Gasteiger partial charge in [0.25, 0.3) is 5.91 Å². The molecule has 0 spiro atoms. The highest BCUT2D eigenvalue weighted by molar-refractivity contribution is 5.96. The second-order valence-electron chi connectivity index (χ2n) is 5.01. The summed E-state index contributed by atoms with van der Waals surface area (Å²) in [7, 11) is 0. The molecule has 1 aliphatic rings. The Bertz CT molecular complexity index is 721. The first-order valence-electron chi connectivity index (χ1n) is 7.22. The minimum absolute atomic E-state index is 0.0479. The van der Waals surface area contributed by atoms with Gasteiger partial charge in [0.15, 0.2) is 18.1 Å². The van der Waals surface area contributed by atoms with Gasteiger partial charge in [-0.3, -0.25) is 14.5 Å². The Morgan fingerprint density at radius 1 is 1.35 bits per heavy atom. The normalized spacial score (nSPS) is 14.1. The van der Waals surface area contributed by atoms with Gasteiger partial charge in [0, 0.05) is 19.5 Å². The largest absolute Gasteiger partial charge is 0.456 e. The molecule has 0 saturated carbocycles. The summed E-state index contributed by atoms with van der Waals surface area (Å²) in [6.45, 7) is 0.258. The molecular formula is C15H15N3O5. The number of ether oxygens (including phenoxy) is 1. The molecular weight excluding hydrogens is 302 g/mol. The number of rotatable bonds is 5. The number of amides is 3. The number of nitrogens with zero attached hydrogens (tertiary/aromatic N) is 2. The molecule has 1 aromatic heterocycles. The van der Waals surface area contributed by atoms with Crippen LogP contribution in [0.1, 0.15) is 12.3 Å². The molecule has 1 aromatic carbocycles. The standard InChI is InChI=1S/C15H15N3O5/c19-13(18-8-7-16-15(18)21)9-22-14(20)6-5-12-17-10-3-1-2-4-11(10)23-12/h1-4H,5-9H2,(H,16,21). The van der Waals surface area contributed by atoms with Crippen molar-refractivity contribution in [1.29, 1.82) is 0 Å². The van der Waals surface area contributed by atoms with Gasteiger partial charge in [0.05, 0.1) is 6.42 Å². The quantitative estimate of drug-likeness (QED) is 0.821. The van der Waals surface area contributed by atoms with Crippen LogP contribution < -0.4 is 5.32 Å². The second-order valence-corrected chi connectivity index (χ2v) is 5.01. The van der Waals surface area contributed by atoms with E-state index in [1.807, 2.05) is 18.2 Å². The number of carbonyl (C=O) groups excluding carboxylic acids is 3. The number of para-hydroxylation sites is 2. The predicted molar refractivity (Wildman–Crippen MR) is 78.4 cm³/mol. The first-order chi connectivity index (χ1) is 11.1. The molecule has 1 fully saturated rings. The molecule has 3 rings (SSSR count). The fraction of sp³-hybridized carbons (Fsp3) is 0.333. The maximum Gasteiger partial charge on any atom is 0.324 e. The third-order valence-corrected chi connectivity index (χ3v) is 3.40. The Labute approximate surface area is 131 Å². The van der Waals surface area contributed by atoms with Crippen LogP contribution >= 0.6 is 0 Å². The number of nitrogens with one attached hydrogen (secondary N) is 1. The number of carbonyl (C=O) groups is 3. The van der Waals surface area contributed by atoms with Crippen LogP contribution in [0.2, 0.25) is 0 Å². The zero-order valence-electron chi connectivity index (χ0n) is 12.3. The molecule has 2 heterocycles. The van der Waals surface area contributed by atoms with E-state index in [-0.39, 0.29) is 19.4 Å². The van der Waals surface area contributed by atoms with Gasteiger partial charge in [-0.1, -0.05) is 12.1 Å². The fourth-order valence-electron chi connectivity index (χ4n) is 2.24. The van der Waals surface area contributed by atoms with Gasteiger partial charge in [-0.25, -0.2) is 9.78 Å². The van der Waals surface area contributed by atoms with Crippen molar-refractivity contribution in [3.63, 3.8) is 0 Å². The molecule has 0 atom stereocenters. The molecule has 1 aliphatic heterocycles. The van der Waals surface area contributed by atoms with Gasteiger partial charge in [0.2, 0.25) is 0 Å². The van der Waals surface area contributed by atoms with Gasteiger partial charge in [0.1, 0.15) is 5.52 Å². The SMILES string of the molecule is O=C(CCc1nc2ccccc2o1)OCC(=O)N1CCNC1=O. The highest BCUT2D eigenvalue weighted by Crippen LogP contribution is 2.15. The lowest BCUT2D eigenvalue weighted by molar-refractivity contribution is -0.150. The van der Waals surface area contributed by atoms with Crippen LogP contribution in [0.5, 0.6) is 0 Å². The van der Waals surface area contributed by atoms with Crippen LogP contribution in [0.25, 0.3) is 11.1 Å². The Hall–Kier alpha value is -2.90. The summed E-state index contributed by atoms with van der Waals surface area (Å²) < 4.78 is 10.4. The topological polar surface area (TPSA) is 102 Å². The number of aryl methyl sites for hydroxylation is 1. The Morgan fingerprint density at radius 3 is 2.91 bits per heavy atom. The average molecular weight is 317 g/mol. The van der Waals surface area contributed by atoms with E-state index in [0.29, 0.717) is 18.0 Å². The lowest BCUT2D eigenvalue weighted by atomic mass is 10.3. The number of fused-ring (bicyclic) bond motifs is 1. The van der Waals surface area contributed by atoms with Gasteiger partial charge in [-0.05, 0) is 12.1 Å². The Balaban J connectivity index is 1.46. The molecule has 0 bridgehead atoms. The monoisotopic (exact) mass is 317 g/mol. The van der Waals surface area contributed by atoms with Gasteiger partial charge in [-0.2, -0.15) is 0 Å². The lowest BCUT2D eigenvalue weighted by Gasteiger charge is -2.11. The van der Waals surface area contributed by atoms with E-state index in [1.165, 1.54) is 0 Å². The summed E-state index contributed by atoms with van der Waals surface area (Å²) in [5.41, 5.74) is 1.39. The molecule has 0 radical (unpaired) electrons. The van der Waals surface area contributed by atoms with Crippen LogP contribution in [-0.4, -0.2) is 47.5 Å². The van der Waals surface area contributed by atoms with Crippen LogP contribution in [0, 0.1) is 0 Å². The van der Waals surface area contributed by atoms with Crippen molar-refractivity contribution in [2.24, 2.45) is 0 Å². The van der Waals surface area contributed by atoms with Crippen LogP contribution in [0.4, 0.5) is 4.79 Å². The minimum atomic E-state index is -0.541. The van der Waals surface area contributed by atoms with E-state index in [9.17, 15) is 14.4 Å². The van der Waals surface area contributed by atoms with Crippen molar-refractivity contribution in [3.05, 3.63) is 30.2 Å². The maximum absolute atomic E-state index is 11.7. The number of oxazole rings is 1. The molecule has 3 amide bonds. The van der Waals surface area contributed by atoms with E-state index in [0.717, 1.165) is 10.4 Å². The number of imide groups is 1. The van der Waals surface area contributed by atoms with Crippen LogP contribution in [-0.2, 0) is 20.7 Å². The number of esters is 1. The molecule has 23 heavy (non-hydrogen) atoms. The Kier molecular flexibility index (Phi) is 4.22. The third-order valence-electron chi connectivity index (χ3n) is 3.40. The lowest BCUT2D eigenvalue weighted by Crippen LogP contribution is -2.37. The van der Waals surface area contributed by atoms with Crippen LogP contribution in [0.15, 0.2) is 28.7 Å². The molecule has 0 unspecified atom stereocenters. The molecule has 8 heteroatoms. The third kappa shape index (κ3) is 3.47. The fourth-order valence-corrected chi connectivity index (χ4v) is 2.24. The zero-order chi connectivity index (χ0) is 16.2. The van der Waals surface area contributed by atoms with E-state index in [1.54, 1.807) is 6.07 Å². The highest BCUT2D eigenvalue weighted by atomic mass is 16.5. The first-order valence-corrected chi connectivity index (χ1v) is 7.22. The summed E-state index contributed by atoms with van der Waals surface area (Å²) in [4.78, 5) is 39.9. The summed E-state index contributed by atoms with van der Waals surface area (Å²) in [6, 6.07) is 6.84. The molecule has 120 valence electrons. The van der Waals surface area contributed by atoms with Crippen molar-refractivity contribution < 1.29 is 23.5 Å². The van der Waals surface area contributed by atoms with Crippen molar-refractivity contribution in [3.8, 4) is 0 Å². The summed E-state index contributed by atoms with van der Waals surface area (Å²) >= 11 is 0. The summed E-state index contributed by atoms with van der Waals surface area (Å²) in [5, 5.41) is 2.50. The van der Waals surface area contributed by atoms with E-state index >= 15 is 0 Å². The summed E-state index contributed by atoms with van der Waals surface area (Å²) in [5.74, 6) is -0.635. The predicted octanol–water partition coefficient (Wildman–Crippen LogP) is 0.855. The zero-order valence-corrected chi connectivity index (χ0v) is 12.3. The molecule has 1 saturated heterocycles. The minimum Gasteiger partial charge on any atom is -0.456 e. The smallest absolute Gasteiger partial charge is 0.324 e. The van der Waals surface area contributed by atoms with Crippen LogP contribution in [0.3, 0.4) is 0 Å². The number of aromatic nitrogens is 1. The first kappa shape index (κ1) is 15.0. The molecule has 2 aromatic rings. The number of urea groups is 1. The summed E-state index contributed by atoms with van der Waals surface area (Å²) in [6.07, 6.45) is 0.332. The number of hydrogen-bond donors (Lipinski definition) is 1. The average Bonchev–Trinajstić information content (AvgIpc) is 3.16. The second kappa shape index (κ2) is 6.47. The van der Waals surface area contributed by atoms with Gasteiger partial charge >= 0.3 is 12.0 Å². The Morgan fingerprint density at radius 2 is 2.17 bits per heavy atom. The molecule has 1 N–H and O–H groups in total. The van der Waals surface area contributed by atoms with Crippen molar-refractivity contribution >= 4 is 29.0 Å². The molecule has 0 aliphatic carbocycles. The number of hydrogen-bond acceptors (Lipinski definition) is 6. The van der Waals surface area contributed by atoms with Gasteiger partial charge < -0.3 is 14.5 Å². The van der Waals surface area contributed by atoms with E-state index in [2.05, 4.69) is 10.3 Å². The van der Waals surface area contributed by atoms with Crippen molar-refractivity contribution in [2.75, 3.05) is 19.7 Å². The van der Waals surface area contributed by atoms with E-state index in [4.69, 9.17) is 9.15 Å². The number of benzene rings is 1. The molecule has 8 nitrogen and oxygen atoms in total. The highest BCUT2D eigenvalue weighted by Gasteiger charge is 2.26. The van der Waals surface area contributed by atoms with E-state index < -0.39 is 24.5 Å². The van der Waals surface area contributed by atoms with Gasteiger partial charge in [-0.15, -0.1) is 0 Å². The van der Waals surface area contributed by atoms with Crippen molar-refractivity contribution in [2.45, 2.75) is 12.8 Å². The maximum atomic E-state index is 11.7.